The number of hydrogen-bond donors (Lipinski definition) is 1. The third kappa shape index (κ3) is 8.33. The second-order valence-electron chi connectivity index (χ2n) is 6.08. The predicted molar refractivity (Wildman–Crippen MR) is 80.3 cm³/mol. The second-order valence-corrected chi connectivity index (χ2v) is 8.20. The molecule has 0 saturated carbocycles. The van der Waals surface area contributed by atoms with Gasteiger partial charge in [-0.05, 0) is 36.4 Å². The zero-order valence-electron chi connectivity index (χ0n) is 12.7. The summed E-state index contributed by atoms with van der Waals surface area (Å²) in [6, 6.07) is 0. The van der Waals surface area contributed by atoms with Gasteiger partial charge in [-0.1, -0.05) is 27.7 Å². The highest BCUT2D eigenvalue weighted by Gasteiger charge is 2.28. The molecular formula is C14H27FNO2P. The number of esters is 1. The Hall–Kier alpha value is -0.470. The van der Waals surface area contributed by atoms with Crippen molar-refractivity contribution in [3.63, 3.8) is 0 Å². The van der Waals surface area contributed by atoms with Crippen molar-refractivity contribution in [1.82, 2.24) is 0 Å². The number of carbonyl (C=O) groups is 1. The fraction of sp³-hybridized carbons (Fsp3) is 0.786. The van der Waals surface area contributed by atoms with Crippen LogP contribution >= 0.6 is 8.58 Å². The minimum absolute atomic E-state index is 0.0739. The van der Waals surface area contributed by atoms with Gasteiger partial charge in [0, 0.05) is 6.29 Å². The Labute approximate surface area is 117 Å². The Bertz CT molecular complexity index is 327. The number of hydrogen-bond acceptors (Lipinski definition) is 3. The van der Waals surface area contributed by atoms with Crippen molar-refractivity contribution in [3.05, 3.63) is 11.9 Å². The maximum atomic E-state index is 13.5. The van der Waals surface area contributed by atoms with Crippen molar-refractivity contribution in [2.75, 3.05) is 12.9 Å². The van der Waals surface area contributed by atoms with Gasteiger partial charge in [0.1, 0.15) is 0 Å². The van der Waals surface area contributed by atoms with Crippen molar-refractivity contribution >= 4 is 14.6 Å². The largest absolute Gasteiger partial charge is 0.461 e. The van der Waals surface area contributed by atoms with Gasteiger partial charge in [-0.2, -0.15) is 4.39 Å². The van der Waals surface area contributed by atoms with Crippen LogP contribution in [-0.2, 0) is 9.53 Å². The van der Waals surface area contributed by atoms with E-state index in [1.807, 2.05) is 0 Å². The third-order valence-electron chi connectivity index (χ3n) is 2.81. The summed E-state index contributed by atoms with van der Waals surface area (Å²) < 4.78 is 18.1. The number of ether oxygens (including phenoxy) is 1. The molecule has 0 radical (unpaired) electrons. The highest BCUT2D eigenvalue weighted by atomic mass is 31.1. The molecule has 0 aromatic carbocycles. The maximum Gasteiger partial charge on any atom is 0.366 e. The van der Waals surface area contributed by atoms with E-state index in [1.165, 1.54) is 6.08 Å². The SMILES string of the molecule is CCOC(=O)/C(F)=C/CC(C)(C)CC(C)(C)PCN. The molecule has 0 aromatic rings. The Morgan fingerprint density at radius 3 is 2.42 bits per heavy atom. The number of allylic oxidation sites excluding steroid dienone is 1. The average Bonchev–Trinajstić information content (AvgIpc) is 2.24. The molecule has 0 spiro atoms. The summed E-state index contributed by atoms with van der Waals surface area (Å²) in [5, 5.41) is 0.145. The fourth-order valence-electron chi connectivity index (χ4n) is 2.26. The molecule has 0 aliphatic rings. The lowest BCUT2D eigenvalue weighted by atomic mass is 9.80. The summed E-state index contributed by atoms with van der Waals surface area (Å²) in [7, 11) is 0.681. The topological polar surface area (TPSA) is 52.3 Å². The van der Waals surface area contributed by atoms with E-state index in [1.54, 1.807) is 6.92 Å². The van der Waals surface area contributed by atoms with Gasteiger partial charge in [-0.25, -0.2) is 4.79 Å². The lowest BCUT2D eigenvalue weighted by molar-refractivity contribution is -0.140. The molecule has 0 aromatic heterocycles. The van der Waals surface area contributed by atoms with Gasteiger partial charge >= 0.3 is 5.97 Å². The first-order valence-electron chi connectivity index (χ1n) is 6.61. The lowest BCUT2D eigenvalue weighted by Crippen LogP contribution is -2.25. The Kier molecular flexibility index (Phi) is 7.76. The summed E-state index contributed by atoms with van der Waals surface area (Å²) >= 11 is 0. The van der Waals surface area contributed by atoms with Crippen LogP contribution < -0.4 is 5.73 Å². The summed E-state index contributed by atoms with van der Waals surface area (Å²) in [6.45, 7) is 10.3. The monoisotopic (exact) mass is 291 g/mol. The zero-order chi connectivity index (χ0) is 15.1. The summed E-state index contributed by atoms with van der Waals surface area (Å²) in [6.07, 6.45) is 3.45. The van der Waals surface area contributed by atoms with Crippen LogP contribution in [0, 0.1) is 5.41 Å². The first-order chi connectivity index (χ1) is 8.63. The molecule has 1 atom stereocenters. The fourth-order valence-corrected chi connectivity index (χ4v) is 3.41. The maximum absolute atomic E-state index is 13.5. The van der Waals surface area contributed by atoms with Crippen molar-refractivity contribution < 1.29 is 13.9 Å². The van der Waals surface area contributed by atoms with E-state index in [0.29, 0.717) is 21.3 Å². The number of nitrogens with two attached hydrogens (primary N) is 1. The summed E-state index contributed by atoms with van der Waals surface area (Å²) in [5.41, 5.74) is 5.53. The molecular weight excluding hydrogens is 264 g/mol. The standard InChI is InChI=1S/C14H27FNO2P/c1-6-18-12(17)11(15)7-8-13(2,3)9-14(4,5)19-10-16/h7,19H,6,8-10,16H2,1-5H3/b11-7-. The highest BCUT2D eigenvalue weighted by molar-refractivity contribution is 7.39. The molecule has 0 heterocycles. The average molecular weight is 291 g/mol. The van der Waals surface area contributed by atoms with Crippen LogP contribution in [0.5, 0.6) is 0 Å². The van der Waals surface area contributed by atoms with E-state index in [-0.39, 0.29) is 17.2 Å². The van der Waals surface area contributed by atoms with Crippen molar-refractivity contribution in [2.24, 2.45) is 11.1 Å². The van der Waals surface area contributed by atoms with Gasteiger partial charge in [-0.3, -0.25) is 0 Å². The van der Waals surface area contributed by atoms with E-state index in [9.17, 15) is 9.18 Å². The van der Waals surface area contributed by atoms with Gasteiger partial charge in [0.15, 0.2) is 0 Å². The first-order valence-corrected chi connectivity index (χ1v) is 7.82. The van der Waals surface area contributed by atoms with Crippen LogP contribution in [-0.4, -0.2) is 24.0 Å². The molecule has 0 saturated heterocycles. The minimum atomic E-state index is -0.874. The van der Waals surface area contributed by atoms with Gasteiger partial charge in [0.2, 0.25) is 5.83 Å². The van der Waals surface area contributed by atoms with E-state index >= 15 is 0 Å². The smallest absolute Gasteiger partial charge is 0.366 e. The van der Waals surface area contributed by atoms with Crippen LogP contribution in [0.3, 0.4) is 0 Å². The van der Waals surface area contributed by atoms with Gasteiger partial charge < -0.3 is 10.5 Å². The highest BCUT2D eigenvalue weighted by Crippen LogP contribution is 2.41. The molecule has 2 N–H and O–H groups in total. The molecule has 19 heavy (non-hydrogen) atoms. The molecule has 1 unspecified atom stereocenters. The minimum Gasteiger partial charge on any atom is -0.461 e. The molecule has 3 nitrogen and oxygen atoms in total. The van der Waals surface area contributed by atoms with Gasteiger partial charge in [0.25, 0.3) is 0 Å². The first kappa shape index (κ1) is 18.5. The van der Waals surface area contributed by atoms with Crippen LogP contribution in [0.15, 0.2) is 11.9 Å². The van der Waals surface area contributed by atoms with Crippen LogP contribution in [0.1, 0.15) is 47.5 Å². The molecule has 0 bridgehead atoms. The normalized spacial score (nSPS) is 14.2. The zero-order valence-corrected chi connectivity index (χ0v) is 13.7. The Balaban J connectivity index is 4.52. The third-order valence-corrected chi connectivity index (χ3v) is 4.14. The summed E-state index contributed by atoms with van der Waals surface area (Å²) in [4.78, 5) is 11.2. The number of rotatable bonds is 8. The molecule has 0 rings (SSSR count). The predicted octanol–water partition coefficient (Wildman–Crippen LogP) is 3.58. The lowest BCUT2D eigenvalue weighted by Gasteiger charge is -2.34. The number of carbonyl (C=O) groups excluding carboxylic acids is 1. The van der Waals surface area contributed by atoms with E-state index < -0.39 is 11.8 Å². The molecule has 0 aliphatic carbocycles. The summed E-state index contributed by atoms with van der Waals surface area (Å²) in [5.74, 6) is -1.67. The Morgan fingerprint density at radius 2 is 1.95 bits per heavy atom. The molecule has 0 aliphatic heterocycles. The van der Waals surface area contributed by atoms with E-state index in [2.05, 4.69) is 32.4 Å². The quantitative estimate of drug-likeness (QED) is 0.422. The van der Waals surface area contributed by atoms with Gasteiger partial charge in [0.05, 0.1) is 6.61 Å². The van der Waals surface area contributed by atoms with E-state index in [4.69, 9.17) is 5.73 Å². The second kappa shape index (κ2) is 7.96. The van der Waals surface area contributed by atoms with Crippen LogP contribution in [0.4, 0.5) is 4.39 Å². The molecule has 0 fully saturated rings. The van der Waals surface area contributed by atoms with Crippen molar-refractivity contribution in [3.8, 4) is 0 Å². The van der Waals surface area contributed by atoms with Crippen LogP contribution in [0.25, 0.3) is 0 Å². The molecule has 5 heteroatoms. The molecule has 0 amide bonds. The van der Waals surface area contributed by atoms with Gasteiger partial charge in [-0.15, -0.1) is 8.58 Å². The van der Waals surface area contributed by atoms with Crippen molar-refractivity contribution in [1.29, 1.82) is 0 Å². The van der Waals surface area contributed by atoms with Crippen LogP contribution in [0.2, 0.25) is 0 Å². The Morgan fingerprint density at radius 1 is 1.37 bits per heavy atom. The van der Waals surface area contributed by atoms with Crippen molar-refractivity contribution in [2.45, 2.75) is 52.6 Å². The van der Waals surface area contributed by atoms with E-state index in [0.717, 1.165) is 6.42 Å². The number of halogens is 1. The molecule has 112 valence electrons.